The monoisotopic (exact) mass is 299 g/mol. The van der Waals surface area contributed by atoms with E-state index in [1.165, 1.54) is 11.1 Å². The molecule has 0 spiro atoms. The van der Waals surface area contributed by atoms with Crippen LogP contribution in [0.5, 0.6) is 0 Å². The van der Waals surface area contributed by atoms with Gasteiger partial charge in [-0.05, 0) is 28.8 Å². The number of anilines is 1. The Balaban J connectivity index is 1.98. The van der Waals surface area contributed by atoms with Crippen molar-refractivity contribution < 1.29 is 9.90 Å². The third-order valence-corrected chi connectivity index (χ3v) is 3.89. The van der Waals surface area contributed by atoms with Crippen molar-refractivity contribution in [2.75, 3.05) is 4.90 Å². The van der Waals surface area contributed by atoms with Crippen LogP contribution in [0.4, 0.5) is 5.69 Å². The van der Waals surface area contributed by atoms with E-state index in [9.17, 15) is 4.79 Å². The standard InChI is InChI=1S/C17H14ClNO2/c18-15-7-3-6-12(8-9-16(20)21)17(15)19-10-13-4-1-2-5-14(13)11-19/h1-9H,10-11H2,(H,20,21)/b9-8+. The number of nitrogens with zero attached hydrogens (tertiary/aromatic N) is 1. The summed E-state index contributed by atoms with van der Waals surface area (Å²) in [5.74, 6) is -0.967. The largest absolute Gasteiger partial charge is 0.478 e. The van der Waals surface area contributed by atoms with E-state index in [2.05, 4.69) is 17.0 Å². The van der Waals surface area contributed by atoms with E-state index in [0.717, 1.165) is 30.4 Å². The van der Waals surface area contributed by atoms with Crippen molar-refractivity contribution in [1.82, 2.24) is 0 Å². The van der Waals surface area contributed by atoms with Crippen molar-refractivity contribution in [3.05, 3.63) is 70.3 Å². The summed E-state index contributed by atoms with van der Waals surface area (Å²) in [4.78, 5) is 12.9. The molecular weight excluding hydrogens is 286 g/mol. The summed E-state index contributed by atoms with van der Waals surface area (Å²) >= 11 is 6.34. The highest BCUT2D eigenvalue weighted by atomic mass is 35.5. The molecule has 1 aliphatic heterocycles. The Hall–Kier alpha value is -2.26. The first-order valence-corrected chi connectivity index (χ1v) is 7.04. The first-order chi connectivity index (χ1) is 10.1. The Morgan fingerprint density at radius 3 is 2.38 bits per heavy atom. The van der Waals surface area contributed by atoms with E-state index in [1.807, 2.05) is 30.3 Å². The molecule has 1 N–H and O–H groups in total. The zero-order valence-corrected chi connectivity index (χ0v) is 12.0. The molecule has 0 saturated carbocycles. The van der Waals surface area contributed by atoms with Crippen LogP contribution in [0.2, 0.25) is 5.02 Å². The number of benzene rings is 2. The fourth-order valence-electron chi connectivity index (χ4n) is 2.65. The second kappa shape index (κ2) is 5.62. The first-order valence-electron chi connectivity index (χ1n) is 6.66. The van der Waals surface area contributed by atoms with Gasteiger partial charge in [0.2, 0.25) is 0 Å². The van der Waals surface area contributed by atoms with Crippen LogP contribution in [0.25, 0.3) is 6.08 Å². The number of rotatable bonds is 3. The summed E-state index contributed by atoms with van der Waals surface area (Å²) in [5.41, 5.74) is 4.27. The molecule has 0 atom stereocenters. The maximum Gasteiger partial charge on any atom is 0.328 e. The van der Waals surface area contributed by atoms with Gasteiger partial charge >= 0.3 is 5.97 Å². The molecule has 0 aliphatic carbocycles. The molecule has 21 heavy (non-hydrogen) atoms. The molecule has 1 heterocycles. The van der Waals surface area contributed by atoms with E-state index < -0.39 is 5.97 Å². The number of fused-ring (bicyclic) bond motifs is 1. The van der Waals surface area contributed by atoms with E-state index in [1.54, 1.807) is 6.08 Å². The van der Waals surface area contributed by atoms with Crippen molar-refractivity contribution in [3.63, 3.8) is 0 Å². The van der Waals surface area contributed by atoms with Gasteiger partial charge in [-0.15, -0.1) is 0 Å². The molecule has 4 heteroatoms. The molecule has 3 nitrogen and oxygen atoms in total. The van der Waals surface area contributed by atoms with E-state index >= 15 is 0 Å². The number of para-hydroxylation sites is 1. The van der Waals surface area contributed by atoms with E-state index in [4.69, 9.17) is 16.7 Å². The molecule has 0 saturated heterocycles. The van der Waals surface area contributed by atoms with Gasteiger partial charge in [0, 0.05) is 19.2 Å². The minimum atomic E-state index is -0.967. The summed E-state index contributed by atoms with van der Waals surface area (Å²) in [7, 11) is 0. The molecule has 0 unspecified atom stereocenters. The van der Waals surface area contributed by atoms with Gasteiger partial charge in [0.25, 0.3) is 0 Å². The Labute approximate surface area is 128 Å². The Kier molecular flexibility index (Phi) is 3.67. The second-order valence-corrected chi connectivity index (χ2v) is 5.38. The Morgan fingerprint density at radius 2 is 1.76 bits per heavy atom. The minimum absolute atomic E-state index is 0.635. The predicted octanol–water partition coefficient (Wildman–Crippen LogP) is 3.96. The van der Waals surface area contributed by atoms with Gasteiger partial charge in [-0.2, -0.15) is 0 Å². The molecule has 2 aromatic rings. The van der Waals surface area contributed by atoms with Gasteiger partial charge in [-0.1, -0.05) is 48.0 Å². The van der Waals surface area contributed by atoms with Crippen molar-refractivity contribution in [3.8, 4) is 0 Å². The molecule has 0 bridgehead atoms. The lowest BCUT2D eigenvalue weighted by Gasteiger charge is -2.21. The van der Waals surface area contributed by atoms with Crippen LogP contribution in [0, 0.1) is 0 Å². The summed E-state index contributed by atoms with van der Waals surface area (Å²) in [6.07, 6.45) is 2.73. The quantitative estimate of drug-likeness (QED) is 0.872. The van der Waals surface area contributed by atoms with Crippen LogP contribution in [0.15, 0.2) is 48.5 Å². The van der Waals surface area contributed by atoms with E-state index in [0.29, 0.717) is 5.02 Å². The number of carboxylic acid groups (broad SMARTS) is 1. The molecule has 0 amide bonds. The minimum Gasteiger partial charge on any atom is -0.478 e. The molecule has 1 aliphatic rings. The van der Waals surface area contributed by atoms with Crippen LogP contribution in [-0.4, -0.2) is 11.1 Å². The van der Waals surface area contributed by atoms with Gasteiger partial charge in [-0.3, -0.25) is 0 Å². The summed E-state index contributed by atoms with van der Waals surface area (Å²) < 4.78 is 0. The SMILES string of the molecule is O=C(O)/C=C/c1cccc(Cl)c1N1Cc2ccccc2C1. The molecular formula is C17H14ClNO2. The fraction of sp³-hybridized carbons (Fsp3) is 0.118. The van der Waals surface area contributed by atoms with Crippen LogP contribution < -0.4 is 4.90 Å². The number of aliphatic carboxylic acids is 1. The van der Waals surface area contributed by atoms with Gasteiger partial charge in [-0.25, -0.2) is 4.79 Å². The molecule has 0 radical (unpaired) electrons. The lowest BCUT2D eigenvalue weighted by molar-refractivity contribution is -0.131. The third kappa shape index (κ3) is 2.78. The zero-order chi connectivity index (χ0) is 14.8. The lowest BCUT2D eigenvalue weighted by atomic mass is 10.1. The second-order valence-electron chi connectivity index (χ2n) is 4.97. The zero-order valence-electron chi connectivity index (χ0n) is 11.3. The van der Waals surface area contributed by atoms with Crippen molar-refractivity contribution in [2.45, 2.75) is 13.1 Å². The highest BCUT2D eigenvalue weighted by molar-refractivity contribution is 6.33. The van der Waals surface area contributed by atoms with Gasteiger partial charge in [0.15, 0.2) is 0 Å². The average Bonchev–Trinajstić information content (AvgIpc) is 2.88. The predicted molar refractivity (Wildman–Crippen MR) is 84.5 cm³/mol. The summed E-state index contributed by atoms with van der Waals surface area (Å²) in [6.45, 7) is 1.57. The van der Waals surface area contributed by atoms with Gasteiger partial charge < -0.3 is 10.0 Å². The van der Waals surface area contributed by atoms with Crippen LogP contribution in [0.3, 0.4) is 0 Å². The van der Waals surface area contributed by atoms with Crippen molar-refractivity contribution in [2.24, 2.45) is 0 Å². The number of carbonyl (C=O) groups is 1. The molecule has 2 aromatic carbocycles. The summed E-state index contributed by atoms with van der Waals surface area (Å²) in [5, 5.41) is 9.44. The van der Waals surface area contributed by atoms with Crippen LogP contribution >= 0.6 is 11.6 Å². The first kappa shape index (κ1) is 13.7. The Bertz CT molecular complexity index is 699. The number of carboxylic acids is 1. The highest BCUT2D eigenvalue weighted by Crippen LogP contribution is 2.36. The van der Waals surface area contributed by atoms with Crippen molar-refractivity contribution in [1.29, 1.82) is 0 Å². The maximum absolute atomic E-state index is 10.7. The number of hydrogen-bond donors (Lipinski definition) is 1. The topological polar surface area (TPSA) is 40.5 Å². The third-order valence-electron chi connectivity index (χ3n) is 3.58. The summed E-state index contributed by atoms with van der Waals surface area (Å²) in [6, 6.07) is 13.8. The van der Waals surface area contributed by atoms with Crippen molar-refractivity contribution >= 4 is 29.3 Å². The van der Waals surface area contributed by atoms with Crippen LogP contribution in [-0.2, 0) is 17.9 Å². The number of hydrogen-bond acceptors (Lipinski definition) is 2. The highest BCUT2D eigenvalue weighted by Gasteiger charge is 2.22. The van der Waals surface area contributed by atoms with Gasteiger partial charge in [0.1, 0.15) is 0 Å². The van der Waals surface area contributed by atoms with Gasteiger partial charge in [0.05, 0.1) is 10.7 Å². The maximum atomic E-state index is 10.7. The molecule has 106 valence electrons. The fourth-order valence-corrected chi connectivity index (χ4v) is 2.95. The Morgan fingerprint density at radius 1 is 1.10 bits per heavy atom. The lowest BCUT2D eigenvalue weighted by Crippen LogP contribution is -2.16. The molecule has 0 aromatic heterocycles. The number of halogens is 1. The van der Waals surface area contributed by atoms with Crippen LogP contribution in [0.1, 0.15) is 16.7 Å². The normalized spacial score (nSPS) is 13.7. The average molecular weight is 300 g/mol. The molecule has 3 rings (SSSR count). The van der Waals surface area contributed by atoms with E-state index in [-0.39, 0.29) is 0 Å². The molecule has 0 fully saturated rings. The smallest absolute Gasteiger partial charge is 0.328 e.